The topological polar surface area (TPSA) is 42.7 Å². The van der Waals surface area contributed by atoms with Crippen molar-refractivity contribution in [2.45, 2.75) is 58.4 Å². The van der Waals surface area contributed by atoms with Crippen molar-refractivity contribution in [1.82, 2.24) is 20.1 Å². The fraction of sp³-hybridized carbons (Fsp3) is 0.857. The molecule has 1 spiro atoms. The molecule has 5 heteroatoms. The van der Waals surface area contributed by atoms with E-state index in [1.807, 2.05) is 0 Å². The number of rotatable bonds is 1. The highest BCUT2D eigenvalue weighted by atomic mass is 35.5. The summed E-state index contributed by atoms with van der Waals surface area (Å²) in [5, 5.41) is 12.3. The van der Waals surface area contributed by atoms with E-state index in [-0.39, 0.29) is 12.4 Å². The van der Waals surface area contributed by atoms with Crippen molar-refractivity contribution in [3.05, 3.63) is 11.6 Å². The van der Waals surface area contributed by atoms with Crippen LogP contribution in [0.25, 0.3) is 0 Å². The van der Waals surface area contributed by atoms with E-state index in [0.29, 0.717) is 11.3 Å². The SMILES string of the molecule is CC(C)c1nnc2n1CCC1(CCNCC1)CC2.Cl. The first-order valence-corrected chi connectivity index (χ1v) is 7.33. The van der Waals surface area contributed by atoms with Crippen LogP contribution in [0.4, 0.5) is 0 Å². The maximum absolute atomic E-state index is 4.41. The average molecular weight is 285 g/mol. The van der Waals surface area contributed by atoms with Crippen LogP contribution in [0, 0.1) is 5.41 Å². The molecular formula is C14H25ClN4. The number of aryl methyl sites for hydroxylation is 1. The number of hydrogen-bond donors (Lipinski definition) is 1. The predicted octanol–water partition coefficient (Wildman–Crippen LogP) is 2.53. The third kappa shape index (κ3) is 2.79. The van der Waals surface area contributed by atoms with E-state index < -0.39 is 0 Å². The van der Waals surface area contributed by atoms with E-state index in [2.05, 4.69) is 33.9 Å². The zero-order valence-corrected chi connectivity index (χ0v) is 12.8. The fourth-order valence-corrected chi connectivity index (χ4v) is 3.51. The first-order valence-electron chi connectivity index (χ1n) is 7.33. The number of aromatic nitrogens is 3. The second-order valence-corrected chi connectivity index (χ2v) is 6.28. The van der Waals surface area contributed by atoms with E-state index in [4.69, 9.17) is 0 Å². The Balaban J connectivity index is 0.00000133. The molecule has 0 atom stereocenters. The van der Waals surface area contributed by atoms with Crippen LogP contribution in [0.2, 0.25) is 0 Å². The molecule has 0 aromatic carbocycles. The molecule has 4 nitrogen and oxygen atoms in total. The summed E-state index contributed by atoms with van der Waals surface area (Å²) in [4.78, 5) is 0. The molecule has 2 aliphatic rings. The smallest absolute Gasteiger partial charge is 0.135 e. The van der Waals surface area contributed by atoms with Crippen LogP contribution in [0.5, 0.6) is 0 Å². The van der Waals surface area contributed by atoms with Gasteiger partial charge in [0.1, 0.15) is 11.6 Å². The summed E-state index contributed by atoms with van der Waals surface area (Å²) in [6.07, 6.45) is 6.38. The third-order valence-corrected chi connectivity index (χ3v) is 4.78. The second kappa shape index (κ2) is 5.80. The summed E-state index contributed by atoms with van der Waals surface area (Å²) in [5.74, 6) is 2.87. The maximum atomic E-state index is 4.41. The molecule has 3 heterocycles. The minimum atomic E-state index is 0. The van der Waals surface area contributed by atoms with Gasteiger partial charge < -0.3 is 9.88 Å². The minimum Gasteiger partial charge on any atom is -0.317 e. The van der Waals surface area contributed by atoms with E-state index >= 15 is 0 Å². The molecule has 2 aliphatic heterocycles. The molecule has 1 aromatic rings. The molecule has 1 aromatic heterocycles. The molecule has 0 saturated carbocycles. The average Bonchev–Trinajstić information content (AvgIpc) is 2.71. The summed E-state index contributed by atoms with van der Waals surface area (Å²) in [6, 6.07) is 0. The lowest BCUT2D eigenvalue weighted by atomic mass is 9.73. The van der Waals surface area contributed by atoms with Gasteiger partial charge in [0, 0.05) is 18.9 Å². The Morgan fingerprint density at radius 2 is 1.84 bits per heavy atom. The zero-order valence-electron chi connectivity index (χ0n) is 12.0. The van der Waals surface area contributed by atoms with Crippen LogP contribution >= 0.6 is 12.4 Å². The Bertz CT molecular complexity index is 421. The summed E-state index contributed by atoms with van der Waals surface area (Å²) in [7, 11) is 0. The lowest BCUT2D eigenvalue weighted by molar-refractivity contribution is 0.168. The van der Waals surface area contributed by atoms with E-state index in [9.17, 15) is 0 Å². The quantitative estimate of drug-likeness (QED) is 0.862. The molecule has 1 N–H and O–H groups in total. The van der Waals surface area contributed by atoms with Crippen molar-refractivity contribution in [3.63, 3.8) is 0 Å². The molecule has 1 fully saturated rings. The predicted molar refractivity (Wildman–Crippen MR) is 78.8 cm³/mol. The largest absolute Gasteiger partial charge is 0.317 e. The van der Waals surface area contributed by atoms with E-state index in [0.717, 1.165) is 13.0 Å². The van der Waals surface area contributed by atoms with Gasteiger partial charge in [-0.1, -0.05) is 13.8 Å². The Kier molecular flexibility index (Phi) is 4.51. The Morgan fingerprint density at radius 3 is 2.53 bits per heavy atom. The molecule has 0 bridgehead atoms. The van der Waals surface area contributed by atoms with Gasteiger partial charge in [0.15, 0.2) is 0 Å². The zero-order chi connectivity index (χ0) is 12.6. The molecular weight excluding hydrogens is 260 g/mol. The highest BCUT2D eigenvalue weighted by molar-refractivity contribution is 5.85. The summed E-state index contributed by atoms with van der Waals surface area (Å²) in [6.45, 7) is 7.93. The van der Waals surface area contributed by atoms with Gasteiger partial charge in [0.2, 0.25) is 0 Å². The maximum Gasteiger partial charge on any atom is 0.135 e. The Labute approximate surface area is 121 Å². The highest BCUT2D eigenvalue weighted by Gasteiger charge is 2.34. The number of nitrogens with one attached hydrogen (secondary N) is 1. The first-order chi connectivity index (χ1) is 8.70. The Morgan fingerprint density at radius 1 is 1.11 bits per heavy atom. The van der Waals surface area contributed by atoms with Gasteiger partial charge in [-0.3, -0.25) is 0 Å². The summed E-state index contributed by atoms with van der Waals surface area (Å²) < 4.78 is 2.39. The first kappa shape index (κ1) is 14.8. The van der Waals surface area contributed by atoms with Crippen molar-refractivity contribution in [3.8, 4) is 0 Å². The number of hydrogen-bond acceptors (Lipinski definition) is 3. The van der Waals surface area contributed by atoms with Crippen LogP contribution < -0.4 is 5.32 Å². The van der Waals surface area contributed by atoms with Gasteiger partial charge in [0.05, 0.1) is 0 Å². The van der Waals surface area contributed by atoms with Crippen LogP contribution in [-0.2, 0) is 13.0 Å². The standard InChI is InChI=1S/C14H24N4.ClH/c1-11(2)13-17-16-12-3-4-14(7-10-18(12)13)5-8-15-9-6-14;/h11,15H,3-10H2,1-2H3;1H. The molecule has 0 radical (unpaired) electrons. The van der Waals surface area contributed by atoms with Crippen LogP contribution in [-0.4, -0.2) is 27.9 Å². The van der Waals surface area contributed by atoms with Crippen molar-refractivity contribution in [1.29, 1.82) is 0 Å². The third-order valence-electron chi connectivity index (χ3n) is 4.78. The minimum absolute atomic E-state index is 0. The normalized spacial score (nSPS) is 21.8. The van der Waals surface area contributed by atoms with Gasteiger partial charge in [-0.2, -0.15) is 0 Å². The van der Waals surface area contributed by atoms with Gasteiger partial charge in [-0.25, -0.2) is 0 Å². The Hall–Kier alpha value is -0.610. The van der Waals surface area contributed by atoms with Crippen molar-refractivity contribution in [2.24, 2.45) is 5.41 Å². The van der Waals surface area contributed by atoms with Gasteiger partial charge in [0.25, 0.3) is 0 Å². The lowest BCUT2D eigenvalue weighted by Crippen LogP contribution is -2.37. The van der Waals surface area contributed by atoms with Crippen LogP contribution in [0.1, 0.15) is 57.1 Å². The molecule has 0 unspecified atom stereocenters. The van der Waals surface area contributed by atoms with Gasteiger partial charge in [-0.05, 0) is 44.2 Å². The lowest BCUT2D eigenvalue weighted by Gasteiger charge is -2.36. The number of piperidine rings is 1. The van der Waals surface area contributed by atoms with Crippen molar-refractivity contribution < 1.29 is 0 Å². The molecule has 108 valence electrons. The highest BCUT2D eigenvalue weighted by Crippen LogP contribution is 2.40. The van der Waals surface area contributed by atoms with E-state index in [1.165, 1.54) is 50.4 Å². The summed E-state index contributed by atoms with van der Waals surface area (Å²) >= 11 is 0. The monoisotopic (exact) mass is 284 g/mol. The number of nitrogens with zero attached hydrogens (tertiary/aromatic N) is 3. The van der Waals surface area contributed by atoms with Crippen molar-refractivity contribution in [2.75, 3.05) is 13.1 Å². The number of halogens is 1. The van der Waals surface area contributed by atoms with Gasteiger partial charge >= 0.3 is 0 Å². The molecule has 19 heavy (non-hydrogen) atoms. The van der Waals surface area contributed by atoms with Crippen molar-refractivity contribution >= 4 is 12.4 Å². The second-order valence-electron chi connectivity index (χ2n) is 6.28. The fourth-order valence-electron chi connectivity index (χ4n) is 3.51. The molecule has 3 rings (SSSR count). The molecule has 0 aliphatic carbocycles. The van der Waals surface area contributed by atoms with Gasteiger partial charge in [-0.15, -0.1) is 22.6 Å². The molecule has 0 amide bonds. The molecule has 1 saturated heterocycles. The van der Waals surface area contributed by atoms with Crippen LogP contribution in [0.15, 0.2) is 0 Å². The summed E-state index contributed by atoms with van der Waals surface area (Å²) in [5.41, 5.74) is 0.570. The van der Waals surface area contributed by atoms with Crippen LogP contribution in [0.3, 0.4) is 0 Å². The number of fused-ring (bicyclic) bond motifs is 1. The van der Waals surface area contributed by atoms with E-state index in [1.54, 1.807) is 0 Å².